The molecule has 0 spiro atoms. The fourth-order valence-electron chi connectivity index (χ4n) is 4.73. The molecule has 6 nitrogen and oxygen atoms in total. The van der Waals surface area contributed by atoms with Crippen LogP contribution in [0, 0.1) is 30.3 Å². The third-order valence-electron chi connectivity index (χ3n) is 6.48. The molecule has 1 saturated heterocycles. The number of carboxylic acid groups (broad SMARTS) is 1. The summed E-state index contributed by atoms with van der Waals surface area (Å²) >= 11 is 0. The zero-order valence-electron chi connectivity index (χ0n) is 18.2. The number of rotatable bonds is 4. The number of aromatic nitrogens is 1. The maximum Gasteiger partial charge on any atom is 0.341 e. The Kier molecular flexibility index (Phi) is 5.92. The summed E-state index contributed by atoms with van der Waals surface area (Å²) in [6, 6.07) is 3.84. The number of hydrogen-bond acceptors (Lipinski definition) is 4. The van der Waals surface area contributed by atoms with Gasteiger partial charge in [-0.3, -0.25) is 4.79 Å². The van der Waals surface area contributed by atoms with E-state index in [2.05, 4.69) is 0 Å². The van der Waals surface area contributed by atoms with Crippen LogP contribution in [0.15, 0.2) is 35.3 Å². The lowest BCUT2D eigenvalue weighted by molar-refractivity contribution is 0.0695. The monoisotopic (exact) mass is 459 g/mol. The van der Waals surface area contributed by atoms with Gasteiger partial charge in [-0.1, -0.05) is 13.3 Å². The first-order valence-corrected chi connectivity index (χ1v) is 10.7. The number of aromatic carboxylic acids is 1. The minimum atomic E-state index is -1.53. The molecular weight excluding hydrogens is 435 g/mol. The zero-order chi connectivity index (χ0) is 24.0. The molecule has 1 aliphatic heterocycles. The molecule has 3 N–H and O–H groups in total. The number of carbonyl (C=O) groups is 1. The Balaban J connectivity index is 2.04. The molecule has 9 heteroatoms. The largest absolute Gasteiger partial charge is 0.477 e. The number of fused-ring (bicyclic) bond motifs is 1. The molecule has 0 saturated carbocycles. The van der Waals surface area contributed by atoms with Gasteiger partial charge < -0.3 is 20.3 Å². The highest BCUT2D eigenvalue weighted by atomic mass is 19.1. The predicted molar refractivity (Wildman–Crippen MR) is 120 cm³/mol. The lowest BCUT2D eigenvalue weighted by Gasteiger charge is -2.39. The lowest BCUT2D eigenvalue weighted by Crippen LogP contribution is -2.47. The number of halogens is 3. The van der Waals surface area contributed by atoms with E-state index in [1.165, 1.54) is 4.57 Å². The van der Waals surface area contributed by atoms with Crippen LogP contribution in [0.3, 0.4) is 0 Å². The van der Waals surface area contributed by atoms with Crippen molar-refractivity contribution in [2.75, 3.05) is 18.0 Å². The van der Waals surface area contributed by atoms with Crippen molar-refractivity contribution in [3.05, 3.63) is 69.3 Å². The van der Waals surface area contributed by atoms with Gasteiger partial charge in [-0.15, -0.1) is 0 Å². The molecule has 33 heavy (non-hydrogen) atoms. The number of benzene rings is 2. The highest BCUT2D eigenvalue weighted by Gasteiger charge is 2.30. The molecule has 0 bridgehead atoms. The predicted octanol–water partition coefficient (Wildman–Crippen LogP) is 3.98. The van der Waals surface area contributed by atoms with Gasteiger partial charge in [-0.25, -0.2) is 18.0 Å². The van der Waals surface area contributed by atoms with E-state index in [0.29, 0.717) is 31.1 Å². The highest BCUT2D eigenvalue weighted by Crippen LogP contribution is 2.35. The van der Waals surface area contributed by atoms with Crippen LogP contribution in [-0.4, -0.2) is 34.8 Å². The van der Waals surface area contributed by atoms with Crippen molar-refractivity contribution < 1.29 is 23.1 Å². The number of nitrogens with two attached hydrogens (primary N) is 1. The van der Waals surface area contributed by atoms with E-state index in [-0.39, 0.29) is 34.2 Å². The fraction of sp³-hybridized carbons (Fsp3) is 0.333. The van der Waals surface area contributed by atoms with Crippen LogP contribution in [0.2, 0.25) is 0 Å². The van der Waals surface area contributed by atoms with Gasteiger partial charge in [0.15, 0.2) is 0 Å². The normalized spacial score (nSPS) is 18.7. The molecule has 2 heterocycles. The lowest BCUT2D eigenvalue weighted by atomic mass is 9.90. The minimum absolute atomic E-state index is 0.000287. The average molecular weight is 459 g/mol. The summed E-state index contributed by atoms with van der Waals surface area (Å²) in [4.78, 5) is 26.4. The van der Waals surface area contributed by atoms with Crippen LogP contribution in [0.4, 0.5) is 18.9 Å². The second kappa shape index (κ2) is 8.55. The molecule has 0 unspecified atom stereocenters. The van der Waals surface area contributed by atoms with Crippen molar-refractivity contribution in [3.8, 4) is 5.69 Å². The van der Waals surface area contributed by atoms with E-state index in [1.807, 2.05) is 11.8 Å². The number of pyridine rings is 1. The number of hydrogen-bond donors (Lipinski definition) is 2. The summed E-state index contributed by atoms with van der Waals surface area (Å²) in [5.74, 6) is -3.80. The number of piperidine rings is 1. The maximum atomic E-state index is 15.4. The molecule has 1 fully saturated rings. The second-order valence-electron chi connectivity index (χ2n) is 8.44. The van der Waals surface area contributed by atoms with Gasteiger partial charge in [0.05, 0.1) is 22.3 Å². The van der Waals surface area contributed by atoms with Crippen LogP contribution >= 0.6 is 0 Å². The van der Waals surface area contributed by atoms with Crippen molar-refractivity contribution in [1.82, 2.24) is 4.57 Å². The summed E-state index contributed by atoms with van der Waals surface area (Å²) in [6.07, 6.45) is 2.48. The Morgan fingerprint density at radius 1 is 1.21 bits per heavy atom. The van der Waals surface area contributed by atoms with Gasteiger partial charge in [0, 0.05) is 37.0 Å². The average Bonchev–Trinajstić information content (AvgIpc) is 2.75. The molecule has 174 valence electrons. The van der Waals surface area contributed by atoms with E-state index in [9.17, 15) is 23.5 Å². The summed E-state index contributed by atoms with van der Waals surface area (Å²) in [5, 5.41) is 9.31. The van der Waals surface area contributed by atoms with E-state index in [1.54, 1.807) is 6.92 Å². The van der Waals surface area contributed by atoms with E-state index >= 15 is 4.39 Å². The SMILES string of the molecule is CC[C@H]1CN(c2c(F)cc3c(=O)c(C(=O)O)cn(-c4ccc(F)cc4F)c3c2C)CC[C@@H]1N. The van der Waals surface area contributed by atoms with Crippen LogP contribution in [0.25, 0.3) is 16.6 Å². The Bertz CT molecular complexity index is 1320. The molecule has 1 aromatic heterocycles. The fourth-order valence-corrected chi connectivity index (χ4v) is 4.73. The molecule has 0 aliphatic carbocycles. The van der Waals surface area contributed by atoms with Gasteiger partial charge in [0.2, 0.25) is 5.43 Å². The number of nitrogens with zero attached hydrogens (tertiary/aromatic N) is 2. The molecule has 2 aromatic carbocycles. The summed E-state index contributed by atoms with van der Waals surface area (Å²) in [7, 11) is 0. The Morgan fingerprint density at radius 3 is 2.58 bits per heavy atom. The molecule has 1 aliphatic rings. The van der Waals surface area contributed by atoms with Crippen LogP contribution in [-0.2, 0) is 0 Å². The highest BCUT2D eigenvalue weighted by molar-refractivity contribution is 5.96. The standard InChI is InChI=1S/C24H24F3N3O3/c1-3-13-10-29(7-6-19(13)28)22-12(2)21-15(9-18(22)27)23(31)16(24(32)33)11-30(21)20-5-4-14(25)8-17(20)26/h4-5,8-9,11,13,19H,3,6-7,10,28H2,1-2H3,(H,32,33)/t13-,19-/m0/s1. The third kappa shape index (κ3) is 3.86. The van der Waals surface area contributed by atoms with E-state index < -0.39 is 34.4 Å². The molecule has 2 atom stereocenters. The van der Waals surface area contributed by atoms with Gasteiger partial charge in [0.25, 0.3) is 0 Å². The summed E-state index contributed by atoms with van der Waals surface area (Å²) < 4.78 is 44.8. The number of aryl methyl sites for hydroxylation is 1. The van der Waals surface area contributed by atoms with Crippen molar-refractivity contribution in [1.29, 1.82) is 0 Å². The third-order valence-corrected chi connectivity index (χ3v) is 6.48. The van der Waals surface area contributed by atoms with Crippen molar-refractivity contribution >= 4 is 22.6 Å². The molecule has 0 radical (unpaired) electrons. The van der Waals surface area contributed by atoms with Crippen molar-refractivity contribution in [3.63, 3.8) is 0 Å². The number of carboxylic acids is 1. The summed E-state index contributed by atoms with van der Waals surface area (Å²) in [6.45, 7) is 4.64. The van der Waals surface area contributed by atoms with Crippen LogP contribution in [0.1, 0.15) is 35.7 Å². The molecule has 4 rings (SSSR count). The van der Waals surface area contributed by atoms with E-state index in [4.69, 9.17) is 5.73 Å². The molecular formula is C24H24F3N3O3. The smallest absolute Gasteiger partial charge is 0.341 e. The Hall–Kier alpha value is -3.33. The van der Waals surface area contributed by atoms with E-state index in [0.717, 1.165) is 30.8 Å². The Morgan fingerprint density at radius 2 is 1.94 bits per heavy atom. The maximum absolute atomic E-state index is 15.4. The Labute approximate surface area is 188 Å². The first kappa shape index (κ1) is 22.8. The van der Waals surface area contributed by atoms with Gasteiger partial charge in [0.1, 0.15) is 23.0 Å². The van der Waals surface area contributed by atoms with Gasteiger partial charge in [-0.2, -0.15) is 0 Å². The number of anilines is 1. The van der Waals surface area contributed by atoms with Crippen LogP contribution < -0.4 is 16.1 Å². The first-order chi connectivity index (χ1) is 15.6. The quantitative estimate of drug-likeness (QED) is 0.616. The van der Waals surface area contributed by atoms with Crippen LogP contribution in [0.5, 0.6) is 0 Å². The zero-order valence-corrected chi connectivity index (χ0v) is 18.2. The first-order valence-electron chi connectivity index (χ1n) is 10.7. The van der Waals surface area contributed by atoms with Gasteiger partial charge >= 0.3 is 5.97 Å². The van der Waals surface area contributed by atoms with Gasteiger partial charge in [-0.05, 0) is 37.5 Å². The molecule has 3 aromatic rings. The molecule has 0 amide bonds. The summed E-state index contributed by atoms with van der Waals surface area (Å²) in [5.41, 5.74) is 5.29. The minimum Gasteiger partial charge on any atom is -0.477 e. The van der Waals surface area contributed by atoms with Crippen molar-refractivity contribution in [2.24, 2.45) is 11.7 Å². The van der Waals surface area contributed by atoms with Crippen molar-refractivity contribution in [2.45, 2.75) is 32.7 Å². The topological polar surface area (TPSA) is 88.6 Å². The second-order valence-corrected chi connectivity index (χ2v) is 8.44.